The Bertz CT molecular complexity index is 241. The minimum Gasteiger partial charge on any atom is -0.349 e. The van der Waals surface area contributed by atoms with E-state index in [4.69, 9.17) is 0 Å². The fourth-order valence-corrected chi connectivity index (χ4v) is 0.927. The van der Waals surface area contributed by atoms with E-state index in [0.29, 0.717) is 6.04 Å². The molecule has 1 unspecified atom stereocenters. The van der Waals surface area contributed by atoms with E-state index >= 15 is 0 Å². The molecule has 68 valence electrons. The summed E-state index contributed by atoms with van der Waals surface area (Å²) in [6.45, 7) is 2.09. The predicted octanol–water partition coefficient (Wildman–Crippen LogP) is 0.756. The zero-order valence-corrected chi connectivity index (χ0v) is 8.05. The van der Waals surface area contributed by atoms with Crippen LogP contribution in [0.5, 0.6) is 0 Å². The molecule has 0 spiro atoms. The van der Waals surface area contributed by atoms with Crippen molar-refractivity contribution < 1.29 is 0 Å². The summed E-state index contributed by atoms with van der Waals surface area (Å²) in [5.41, 5.74) is 1.11. The van der Waals surface area contributed by atoms with Gasteiger partial charge in [0.15, 0.2) is 0 Å². The van der Waals surface area contributed by atoms with E-state index in [0.717, 1.165) is 11.6 Å². The van der Waals surface area contributed by atoms with E-state index in [2.05, 4.69) is 22.2 Å². The quantitative estimate of drug-likeness (QED) is 0.700. The average Bonchev–Trinajstić information content (AvgIpc) is 2.51. The monoisotopic (exact) mass is 168 g/mol. The Morgan fingerprint density at radius 2 is 2.25 bits per heavy atom. The van der Waals surface area contributed by atoms with Gasteiger partial charge in [0.2, 0.25) is 5.95 Å². The summed E-state index contributed by atoms with van der Waals surface area (Å²) < 4.78 is 0. The molecule has 4 nitrogen and oxygen atoms in total. The van der Waals surface area contributed by atoms with Gasteiger partial charge in [0.25, 0.3) is 0 Å². The first kappa shape index (κ1) is 9.06. The third-order valence-corrected chi connectivity index (χ3v) is 1.91. The third kappa shape index (κ3) is 1.76. The van der Waals surface area contributed by atoms with Gasteiger partial charge in [-0.1, -0.05) is 0 Å². The summed E-state index contributed by atoms with van der Waals surface area (Å²) in [6, 6.07) is 0.325. The van der Waals surface area contributed by atoms with Gasteiger partial charge in [0.1, 0.15) is 0 Å². The van der Waals surface area contributed by atoms with Gasteiger partial charge < -0.3 is 15.2 Å². The summed E-state index contributed by atoms with van der Waals surface area (Å²) in [5, 5.41) is 3.14. The van der Waals surface area contributed by atoms with Crippen LogP contribution in [0.2, 0.25) is 0 Å². The van der Waals surface area contributed by atoms with E-state index in [1.54, 1.807) is 0 Å². The Morgan fingerprint density at radius 1 is 1.58 bits per heavy atom. The molecule has 1 aromatic heterocycles. The molecule has 0 saturated carbocycles. The highest BCUT2D eigenvalue weighted by Crippen LogP contribution is 2.12. The lowest BCUT2D eigenvalue weighted by atomic mass is 10.3. The summed E-state index contributed by atoms with van der Waals surface area (Å²) >= 11 is 0. The number of hydrogen-bond acceptors (Lipinski definition) is 3. The fourth-order valence-electron chi connectivity index (χ4n) is 0.927. The normalized spacial score (nSPS) is 13.0. The molecule has 1 aromatic rings. The zero-order chi connectivity index (χ0) is 9.14. The number of aromatic amines is 1. The maximum absolute atomic E-state index is 4.22. The number of anilines is 1. The van der Waals surface area contributed by atoms with Crippen molar-refractivity contribution >= 4 is 5.95 Å². The molecule has 12 heavy (non-hydrogen) atoms. The number of hydrogen-bond donors (Lipinski definition) is 2. The molecular formula is C8H16N4. The van der Waals surface area contributed by atoms with E-state index in [9.17, 15) is 0 Å². The summed E-state index contributed by atoms with van der Waals surface area (Å²) in [7, 11) is 5.86. The molecule has 4 heteroatoms. The lowest BCUT2D eigenvalue weighted by molar-refractivity contribution is 0.636. The second-order valence-electron chi connectivity index (χ2n) is 3.07. The molecule has 1 rings (SSSR count). The van der Waals surface area contributed by atoms with E-state index in [1.807, 2.05) is 32.2 Å². The number of nitrogens with zero attached hydrogens (tertiary/aromatic N) is 2. The van der Waals surface area contributed by atoms with Crippen LogP contribution in [0, 0.1) is 0 Å². The van der Waals surface area contributed by atoms with Crippen molar-refractivity contribution in [1.82, 2.24) is 15.3 Å². The molecule has 0 radical (unpaired) electrons. The minimum absolute atomic E-state index is 0.325. The number of nitrogens with one attached hydrogen (secondary N) is 2. The highest BCUT2D eigenvalue weighted by atomic mass is 15.2. The van der Waals surface area contributed by atoms with Crippen molar-refractivity contribution in [3.05, 3.63) is 11.9 Å². The van der Waals surface area contributed by atoms with Crippen molar-refractivity contribution in [2.75, 3.05) is 26.0 Å². The lowest BCUT2D eigenvalue weighted by Crippen LogP contribution is -2.14. The molecule has 0 fully saturated rings. The van der Waals surface area contributed by atoms with Gasteiger partial charge in [-0.3, -0.25) is 0 Å². The highest BCUT2D eigenvalue weighted by molar-refractivity contribution is 5.29. The second-order valence-corrected chi connectivity index (χ2v) is 3.07. The zero-order valence-electron chi connectivity index (χ0n) is 8.05. The van der Waals surface area contributed by atoms with Crippen LogP contribution in [0.4, 0.5) is 5.95 Å². The molecule has 1 heterocycles. The first-order valence-electron chi connectivity index (χ1n) is 4.04. The average molecular weight is 168 g/mol. The van der Waals surface area contributed by atoms with Crippen molar-refractivity contribution in [3.63, 3.8) is 0 Å². The Labute approximate surface area is 73.0 Å². The highest BCUT2D eigenvalue weighted by Gasteiger charge is 2.06. The van der Waals surface area contributed by atoms with Crippen LogP contribution in [0.25, 0.3) is 0 Å². The second kappa shape index (κ2) is 3.58. The molecule has 2 N–H and O–H groups in total. The largest absolute Gasteiger partial charge is 0.349 e. The van der Waals surface area contributed by atoms with Gasteiger partial charge in [0.05, 0.1) is 11.9 Å². The van der Waals surface area contributed by atoms with E-state index < -0.39 is 0 Å². The summed E-state index contributed by atoms with van der Waals surface area (Å²) in [5.74, 6) is 0.895. The number of aromatic nitrogens is 2. The van der Waals surface area contributed by atoms with Gasteiger partial charge in [0, 0.05) is 20.1 Å². The van der Waals surface area contributed by atoms with Crippen LogP contribution in [0.15, 0.2) is 6.20 Å². The Balaban J connectivity index is 2.77. The molecule has 1 atom stereocenters. The minimum atomic E-state index is 0.325. The predicted molar refractivity (Wildman–Crippen MR) is 50.4 cm³/mol. The maximum atomic E-state index is 4.22. The molecule has 0 aliphatic heterocycles. The fraction of sp³-hybridized carbons (Fsp3) is 0.625. The Morgan fingerprint density at radius 3 is 2.67 bits per heavy atom. The van der Waals surface area contributed by atoms with Crippen LogP contribution >= 0.6 is 0 Å². The number of imidazole rings is 1. The summed E-state index contributed by atoms with van der Waals surface area (Å²) in [6.07, 6.45) is 1.86. The molecule has 0 aliphatic carbocycles. The first-order valence-corrected chi connectivity index (χ1v) is 4.04. The Hall–Kier alpha value is -1.03. The van der Waals surface area contributed by atoms with Crippen LogP contribution in [0.3, 0.4) is 0 Å². The number of rotatable bonds is 3. The molecule has 0 saturated heterocycles. The smallest absolute Gasteiger partial charge is 0.202 e. The van der Waals surface area contributed by atoms with Gasteiger partial charge in [-0.15, -0.1) is 0 Å². The first-order chi connectivity index (χ1) is 5.65. The van der Waals surface area contributed by atoms with Crippen molar-refractivity contribution in [1.29, 1.82) is 0 Å². The van der Waals surface area contributed by atoms with Crippen LogP contribution < -0.4 is 10.2 Å². The summed E-state index contributed by atoms with van der Waals surface area (Å²) in [4.78, 5) is 9.38. The number of H-pyrrole nitrogens is 1. The maximum Gasteiger partial charge on any atom is 0.202 e. The van der Waals surface area contributed by atoms with E-state index in [1.165, 1.54) is 0 Å². The molecular weight excluding hydrogens is 152 g/mol. The van der Waals surface area contributed by atoms with Crippen LogP contribution in [-0.4, -0.2) is 31.1 Å². The van der Waals surface area contributed by atoms with E-state index in [-0.39, 0.29) is 0 Å². The topological polar surface area (TPSA) is 44.0 Å². The van der Waals surface area contributed by atoms with Crippen LogP contribution in [-0.2, 0) is 0 Å². The van der Waals surface area contributed by atoms with Gasteiger partial charge >= 0.3 is 0 Å². The third-order valence-electron chi connectivity index (χ3n) is 1.91. The Kier molecular flexibility index (Phi) is 2.70. The van der Waals surface area contributed by atoms with Crippen molar-refractivity contribution in [2.24, 2.45) is 0 Å². The van der Waals surface area contributed by atoms with Crippen molar-refractivity contribution in [2.45, 2.75) is 13.0 Å². The standard InChI is InChI=1S/C8H16N4/c1-6(9-2)7-5-10-8(11-7)12(3)4/h5-6,9H,1-4H3,(H,10,11). The SMILES string of the molecule is CNC(C)c1cnc(N(C)C)[nH]1. The molecule has 0 bridgehead atoms. The molecule has 0 aliphatic rings. The van der Waals surface area contributed by atoms with Gasteiger partial charge in [-0.2, -0.15) is 0 Å². The van der Waals surface area contributed by atoms with Gasteiger partial charge in [-0.05, 0) is 14.0 Å². The van der Waals surface area contributed by atoms with Gasteiger partial charge in [-0.25, -0.2) is 4.98 Å². The molecule has 0 amide bonds. The van der Waals surface area contributed by atoms with Crippen LogP contribution in [0.1, 0.15) is 18.7 Å². The molecule has 0 aromatic carbocycles. The van der Waals surface area contributed by atoms with Crippen molar-refractivity contribution in [3.8, 4) is 0 Å². The lowest BCUT2D eigenvalue weighted by Gasteiger charge is -2.08.